The Morgan fingerprint density at radius 1 is 1.47 bits per heavy atom. The number of nitrogens with one attached hydrogen (secondary N) is 1. The van der Waals surface area contributed by atoms with Crippen molar-refractivity contribution < 1.29 is 4.79 Å². The Hall–Kier alpha value is -1.46. The highest BCUT2D eigenvalue weighted by Crippen LogP contribution is 2.18. The van der Waals surface area contributed by atoms with Gasteiger partial charge in [0, 0.05) is 12.7 Å². The summed E-state index contributed by atoms with van der Waals surface area (Å²) < 4.78 is 1.78. The van der Waals surface area contributed by atoms with E-state index in [1.807, 2.05) is 23.7 Å². The molecule has 0 saturated carbocycles. The minimum atomic E-state index is 0.124. The summed E-state index contributed by atoms with van der Waals surface area (Å²) in [5.41, 5.74) is 1.60. The van der Waals surface area contributed by atoms with Gasteiger partial charge in [-0.1, -0.05) is 0 Å². The summed E-state index contributed by atoms with van der Waals surface area (Å²) >= 11 is 1.61. The largest absolute Gasteiger partial charge is 0.304 e. The Morgan fingerprint density at radius 2 is 2.40 bits per heavy atom. The van der Waals surface area contributed by atoms with Crippen LogP contribution in [0, 0.1) is 0 Å². The lowest BCUT2D eigenvalue weighted by Gasteiger charge is -2.08. The van der Waals surface area contributed by atoms with Gasteiger partial charge in [0.2, 0.25) is 0 Å². The molecule has 1 N–H and O–H groups in total. The Labute approximate surface area is 90.5 Å². The number of hydrogen-bond donors (Lipinski definition) is 1. The predicted octanol–water partition coefficient (Wildman–Crippen LogP) is 1.22. The summed E-state index contributed by atoms with van der Waals surface area (Å²) in [5, 5.41) is 10.4. The zero-order valence-corrected chi connectivity index (χ0v) is 8.75. The summed E-state index contributed by atoms with van der Waals surface area (Å²) in [5.74, 6) is 0.124. The molecular formula is C10H9N3OS. The number of carbonyl (C=O) groups excluding carboxylic acids is 1. The van der Waals surface area contributed by atoms with Crippen molar-refractivity contribution in [2.24, 2.45) is 0 Å². The molecule has 0 saturated heterocycles. The van der Waals surface area contributed by atoms with Gasteiger partial charge >= 0.3 is 0 Å². The van der Waals surface area contributed by atoms with E-state index in [0.717, 1.165) is 16.3 Å². The van der Waals surface area contributed by atoms with E-state index in [0.29, 0.717) is 13.1 Å². The zero-order valence-electron chi connectivity index (χ0n) is 7.93. The summed E-state index contributed by atoms with van der Waals surface area (Å²) in [6, 6.07) is 3.96. The highest BCUT2D eigenvalue weighted by molar-refractivity contribution is 7.12. The molecule has 0 bridgehead atoms. The average molecular weight is 219 g/mol. The minimum absolute atomic E-state index is 0.124. The van der Waals surface area contributed by atoms with E-state index in [1.165, 1.54) is 0 Å². The number of hydrogen-bond acceptors (Lipinski definition) is 4. The first-order valence-corrected chi connectivity index (χ1v) is 5.59. The normalized spacial score (nSPS) is 15.3. The van der Waals surface area contributed by atoms with Crippen LogP contribution in [0.1, 0.15) is 16.1 Å². The lowest BCUT2D eigenvalue weighted by molar-refractivity contribution is 0.0982. The van der Waals surface area contributed by atoms with Crippen LogP contribution in [0.15, 0.2) is 23.7 Å². The first-order valence-electron chi connectivity index (χ1n) is 4.71. The number of thiophene rings is 1. The molecule has 0 amide bonds. The number of nitrogens with zero attached hydrogens (tertiary/aromatic N) is 2. The SMILES string of the molecule is O=C1CNCc2nn(-c3cccs3)cc21. The molecule has 1 aliphatic rings. The van der Waals surface area contributed by atoms with Crippen LogP contribution >= 0.6 is 11.3 Å². The van der Waals surface area contributed by atoms with Gasteiger partial charge in [-0.3, -0.25) is 4.79 Å². The van der Waals surface area contributed by atoms with E-state index in [4.69, 9.17) is 0 Å². The van der Waals surface area contributed by atoms with Crippen LogP contribution in [0.25, 0.3) is 5.00 Å². The summed E-state index contributed by atoms with van der Waals surface area (Å²) in [4.78, 5) is 11.6. The van der Waals surface area contributed by atoms with Crippen LogP contribution in [-0.4, -0.2) is 22.1 Å². The fraction of sp³-hybridized carbons (Fsp3) is 0.200. The van der Waals surface area contributed by atoms with Gasteiger partial charge in [0.1, 0.15) is 5.00 Å². The monoisotopic (exact) mass is 219 g/mol. The van der Waals surface area contributed by atoms with Gasteiger partial charge in [-0.25, -0.2) is 4.68 Å². The molecular weight excluding hydrogens is 210 g/mol. The topological polar surface area (TPSA) is 46.9 Å². The van der Waals surface area contributed by atoms with Crippen LogP contribution in [0.5, 0.6) is 0 Å². The van der Waals surface area contributed by atoms with E-state index in [9.17, 15) is 4.79 Å². The molecule has 0 atom stereocenters. The molecule has 0 fully saturated rings. The maximum absolute atomic E-state index is 11.6. The summed E-state index contributed by atoms with van der Waals surface area (Å²) in [6.07, 6.45) is 1.82. The second-order valence-corrected chi connectivity index (χ2v) is 4.34. The lowest BCUT2D eigenvalue weighted by atomic mass is 10.1. The third kappa shape index (κ3) is 1.40. The quantitative estimate of drug-likeness (QED) is 0.784. The van der Waals surface area contributed by atoms with Crippen LogP contribution in [-0.2, 0) is 6.54 Å². The Bertz CT molecular complexity index is 501. The van der Waals surface area contributed by atoms with Gasteiger partial charge in [-0.2, -0.15) is 5.10 Å². The molecule has 76 valence electrons. The molecule has 0 radical (unpaired) electrons. The molecule has 4 nitrogen and oxygen atoms in total. The van der Waals surface area contributed by atoms with Crippen LogP contribution in [0.3, 0.4) is 0 Å². The van der Waals surface area contributed by atoms with E-state index in [1.54, 1.807) is 16.0 Å². The zero-order chi connectivity index (χ0) is 10.3. The van der Waals surface area contributed by atoms with E-state index >= 15 is 0 Å². The van der Waals surface area contributed by atoms with Gasteiger partial charge in [0.25, 0.3) is 0 Å². The molecule has 0 aliphatic carbocycles. The number of fused-ring (bicyclic) bond motifs is 1. The van der Waals surface area contributed by atoms with E-state index in [-0.39, 0.29) is 5.78 Å². The number of Topliss-reactive ketones (excluding diaryl/α,β-unsaturated/α-hetero) is 1. The molecule has 5 heteroatoms. The predicted molar refractivity (Wildman–Crippen MR) is 57.5 cm³/mol. The maximum Gasteiger partial charge on any atom is 0.180 e. The second-order valence-electron chi connectivity index (χ2n) is 3.41. The van der Waals surface area contributed by atoms with Crippen LogP contribution < -0.4 is 5.32 Å². The first-order chi connectivity index (χ1) is 7.34. The van der Waals surface area contributed by atoms with Crippen molar-refractivity contribution in [3.8, 4) is 5.00 Å². The van der Waals surface area contributed by atoms with Crippen molar-refractivity contribution in [1.82, 2.24) is 15.1 Å². The van der Waals surface area contributed by atoms with Crippen molar-refractivity contribution >= 4 is 17.1 Å². The average Bonchev–Trinajstić information content (AvgIpc) is 2.86. The Kier molecular flexibility index (Phi) is 1.93. The fourth-order valence-electron chi connectivity index (χ4n) is 1.68. The molecule has 0 spiro atoms. The summed E-state index contributed by atoms with van der Waals surface area (Å²) in [6.45, 7) is 1.10. The molecule has 2 aromatic heterocycles. The van der Waals surface area contributed by atoms with Crippen molar-refractivity contribution in [3.05, 3.63) is 35.0 Å². The molecule has 0 unspecified atom stereocenters. The number of aromatic nitrogens is 2. The van der Waals surface area contributed by atoms with Crippen molar-refractivity contribution in [3.63, 3.8) is 0 Å². The third-order valence-corrected chi connectivity index (χ3v) is 3.26. The summed E-state index contributed by atoms with van der Waals surface area (Å²) in [7, 11) is 0. The number of carbonyl (C=O) groups is 1. The maximum atomic E-state index is 11.6. The molecule has 1 aliphatic heterocycles. The molecule has 15 heavy (non-hydrogen) atoms. The van der Waals surface area contributed by atoms with E-state index < -0.39 is 0 Å². The minimum Gasteiger partial charge on any atom is -0.304 e. The smallest absolute Gasteiger partial charge is 0.180 e. The first kappa shape index (κ1) is 8.82. The highest BCUT2D eigenvalue weighted by atomic mass is 32.1. The van der Waals surface area contributed by atoms with Crippen molar-refractivity contribution in [1.29, 1.82) is 0 Å². The lowest BCUT2D eigenvalue weighted by Crippen LogP contribution is -2.29. The van der Waals surface area contributed by atoms with Gasteiger partial charge in [0.05, 0.1) is 17.8 Å². The van der Waals surface area contributed by atoms with E-state index in [2.05, 4.69) is 10.4 Å². The van der Waals surface area contributed by atoms with Crippen molar-refractivity contribution in [2.75, 3.05) is 6.54 Å². The van der Waals surface area contributed by atoms with Gasteiger partial charge < -0.3 is 5.32 Å². The second kappa shape index (κ2) is 3.29. The Morgan fingerprint density at radius 3 is 3.13 bits per heavy atom. The van der Waals surface area contributed by atoms with Gasteiger partial charge in [-0.15, -0.1) is 11.3 Å². The number of rotatable bonds is 1. The van der Waals surface area contributed by atoms with Gasteiger partial charge in [-0.05, 0) is 17.5 Å². The standard InChI is InChI=1S/C10H9N3OS/c14-9-5-11-4-8-7(9)6-13(12-8)10-2-1-3-15-10/h1-3,6,11H,4-5H2. The fourth-order valence-corrected chi connectivity index (χ4v) is 2.33. The molecule has 0 aromatic carbocycles. The highest BCUT2D eigenvalue weighted by Gasteiger charge is 2.20. The van der Waals surface area contributed by atoms with Gasteiger partial charge in [0.15, 0.2) is 5.78 Å². The third-order valence-electron chi connectivity index (χ3n) is 2.40. The number of ketones is 1. The molecule has 3 heterocycles. The van der Waals surface area contributed by atoms with Crippen molar-refractivity contribution in [2.45, 2.75) is 6.54 Å². The molecule has 3 rings (SSSR count). The molecule has 2 aromatic rings. The van der Waals surface area contributed by atoms with Crippen LogP contribution in [0.2, 0.25) is 0 Å². The Balaban J connectivity index is 2.09. The van der Waals surface area contributed by atoms with Crippen LogP contribution in [0.4, 0.5) is 0 Å².